The Hall–Kier alpha value is -2.62. The fraction of sp³-hybridized carbons (Fsp3) is 0.480. The Morgan fingerprint density at radius 2 is 1.62 bits per heavy atom. The Morgan fingerprint density at radius 3 is 2.32 bits per heavy atom. The first-order valence-electron chi connectivity index (χ1n) is 12.0. The van der Waals surface area contributed by atoms with E-state index in [0.29, 0.717) is 18.8 Å². The molecule has 0 atom stereocenters. The number of para-hydroxylation sites is 2. The molecule has 184 valence electrons. The number of amides is 1. The molecule has 0 spiro atoms. The van der Waals surface area contributed by atoms with E-state index < -0.39 is 10.0 Å². The van der Waals surface area contributed by atoms with Gasteiger partial charge in [0.05, 0.1) is 24.2 Å². The molecule has 2 aliphatic rings. The molecule has 0 aliphatic carbocycles. The molecule has 0 saturated carbocycles. The Bertz CT molecular complexity index is 1080. The number of hydrogen-bond donors (Lipinski definition) is 1. The Morgan fingerprint density at radius 1 is 0.912 bits per heavy atom. The summed E-state index contributed by atoms with van der Waals surface area (Å²) in [6, 6.07) is 14.6. The molecular weight excluding hydrogens is 452 g/mol. The van der Waals surface area contributed by atoms with E-state index in [2.05, 4.69) is 15.1 Å². The van der Waals surface area contributed by atoms with E-state index >= 15 is 0 Å². The second kappa shape index (κ2) is 11.2. The Labute approximate surface area is 202 Å². The number of rotatable bonds is 7. The predicted molar refractivity (Wildman–Crippen MR) is 134 cm³/mol. The first-order chi connectivity index (χ1) is 16.5. The van der Waals surface area contributed by atoms with Crippen molar-refractivity contribution >= 4 is 27.3 Å². The first kappa shape index (κ1) is 24.5. The monoisotopic (exact) mass is 486 g/mol. The molecule has 1 N–H and O–H groups in total. The lowest BCUT2D eigenvalue weighted by Gasteiger charge is -2.36. The minimum Gasteiger partial charge on any atom is -0.495 e. The molecule has 0 bridgehead atoms. The molecule has 4 rings (SSSR count). The highest BCUT2D eigenvalue weighted by atomic mass is 32.2. The van der Waals surface area contributed by atoms with Crippen LogP contribution in [0.4, 0.5) is 11.4 Å². The molecule has 2 saturated heterocycles. The topological polar surface area (TPSA) is 82.2 Å². The lowest BCUT2D eigenvalue weighted by atomic mass is 10.2. The highest BCUT2D eigenvalue weighted by Gasteiger charge is 2.26. The van der Waals surface area contributed by atoms with Crippen molar-refractivity contribution in [2.75, 3.05) is 63.1 Å². The van der Waals surface area contributed by atoms with E-state index in [-0.39, 0.29) is 17.3 Å². The van der Waals surface area contributed by atoms with Crippen LogP contribution in [0.5, 0.6) is 5.75 Å². The van der Waals surface area contributed by atoms with Crippen LogP contribution in [0.1, 0.15) is 25.7 Å². The summed E-state index contributed by atoms with van der Waals surface area (Å²) < 4.78 is 33.2. The highest BCUT2D eigenvalue weighted by molar-refractivity contribution is 7.89. The van der Waals surface area contributed by atoms with E-state index in [1.807, 2.05) is 24.3 Å². The minimum atomic E-state index is -3.55. The summed E-state index contributed by atoms with van der Waals surface area (Å²) >= 11 is 0. The molecule has 0 radical (unpaired) electrons. The normalized spacial score (nSPS) is 18.3. The zero-order valence-electron chi connectivity index (χ0n) is 19.8. The van der Waals surface area contributed by atoms with E-state index in [0.717, 1.165) is 63.3 Å². The van der Waals surface area contributed by atoms with Crippen molar-refractivity contribution in [3.63, 3.8) is 0 Å². The second-order valence-electron chi connectivity index (χ2n) is 8.83. The van der Waals surface area contributed by atoms with Gasteiger partial charge in [-0.2, -0.15) is 4.31 Å². The molecule has 2 aromatic rings. The van der Waals surface area contributed by atoms with Crippen molar-refractivity contribution in [3.05, 3.63) is 48.5 Å². The van der Waals surface area contributed by atoms with E-state index in [4.69, 9.17) is 4.74 Å². The molecule has 2 fully saturated rings. The summed E-state index contributed by atoms with van der Waals surface area (Å²) in [5.41, 5.74) is 1.57. The molecular formula is C25H34N4O4S. The summed E-state index contributed by atoms with van der Waals surface area (Å²) in [6.07, 6.45) is 3.91. The number of nitrogens with one attached hydrogen (secondary N) is 1. The third kappa shape index (κ3) is 5.89. The Kier molecular flexibility index (Phi) is 8.07. The van der Waals surface area contributed by atoms with Crippen LogP contribution < -0.4 is 15.0 Å². The van der Waals surface area contributed by atoms with Crippen molar-refractivity contribution in [2.24, 2.45) is 0 Å². The van der Waals surface area contributed by atoms with Gasteiger partial charge in [-0.3, -0.25) is 9.69 Å². The molecule has 8 nitrogen and oxygen atoms in total. The van der Waals surface area contributed by atoms with Gasteiger partial charge in [-0.05, 0) is 43.2 Å². The summed E-state index contributed by atoms with van der Waals surface area (Å²) in [5, 5.41) is 2.88. The zero-order chi connectivity index (χ0) is 24.0. The van der Waals surface area contributed by atoms with Gasteiger partial charge in [-0.25, -0.2) is 8.42 Å². The predicted octanol–water partition coefficient (Wildman–Crippen LogP) is 3.02. The van der Waals surface area contributed by atoms with Gasteiger partial charge in [0.2, 0.25) is 15.9 Å². The van der Waals surface area contributed by atoms with E-state index in [1.54, 1.807) is 35.7 Å². The average Bonchev–Trinajstić information content (AvgIpc) is 3.15. The van der Waals surface area contributed by atoms with Gasteiger partial charge in [-0.15, -0.1) is 0 Å². The van der Waals surface area contributed by atoms with Gasteiger partial charge in [0, 0.05) is 45.0 Å². The van der Waals surface area contributed by atoms with E-state index in [9.17, 15) is 13.2 Å². The van der Waals surface area contributed by atoms with Crippen LogP contribution in [0.2, 0.25) is 0 Å². The molecule has 34 heavy (non-hydrogen) atoms. The van der Waals surface area contributed by atoms with Gasteiger partial charge in [0.25, 0.3) is 0 Å². The molecule has 2 aliphatic heterocycles. The number of hydrogen-bond acceptors (Lipinski definition) is 6. The second-order valence-corrected chi connectivity index (χ2v) is 10.8. The summed E-state index contributed by atoms with van der Waals surface area (Å²) in [7, 11) is -1.88. The lowest BCUT2D eigenvalue weighted by molar-refractivity contribution is -0.117. The number of sulfonamides is 1. The molecule has 2 heterocycles. The molecule has 9 heteroatoms. The maximum atomic E-state index is 13.1. The minimum absolute atomic E-state index is 0.143. The molecule has 1 amide bonds. The summed E-state index contributed by atoms with van der Waals surface area (Å²) in [4.78, 5) is 17.3. The number of carbonyl (C=O) groups is 1. The Balaban J connectivity index is 1.32. The number of methoxy groups -OCH3 is 1. The third-order valence-corrected chi connectivity index (χ3v) is 8.38. The standard InChI is InChI=1S/C25H34N4O4S/c1-33-24-12-5-4-11-23(24)28-17-15-27(16-18-28)20-25(30)26-21-9-8-10-22(19-21)34(31,32)29-13-6-2-3-7-14-29/h4-5,8-12,19H,2-3,6-7,13-18,20H2,1H3,(H,26,30). The smallest absolute Gasteiger partial charge is 0.243 e. The number of ether oxygens (including phenoxy) is 1. The van der Waals surface area contributed by atoms with Crippen molar-refractivity contribution in [1.82, 2.24) is 9.21 Å². The third-order valence-electron chi connectivity index (χ3n) is 6.49. The quantitative estimate of drug-likeness (QED) is 0.648. The van der Waals surface area contributed by atoms with Crippen LogP contribution in [0.3, 0.4) is 0 Å². The lowest BCUT2D eigenvalue weighted by Crippen LogP contribution is -2.48. The molecule has 2 aromatic carbocycles. The maximum Gasteiger partial charge on any atom is 0.243 e. The van der Waals surface area contributed by atoms with Gasteiger partial charge in [0.15, 0.2) is 0 Å². The fourth-order valence-electron chi connectivity index (χ4n) is 4.61. The molecule has 0 aromatic heterocycles. The van der Waals surface area contributed by atoms with Crippen molar-refractivity contribution in [2.45, 2.75) is 30.6 Å². The fourth-order valence-corrected chi connectivity index (χ4v) is 6.17. The van der Waals surface area contributed by atoms with Gasteiger partial charge in [0.1, 0.15) is 5.75 Å². The van der Waals surface area contributed by atoms with E-state index in [1.165, 1.54) is 0 Å². The SMILES string of the molecule is COc1ccccc1N1CCN(CC(=O)Nc2cccc(S(=O)(=O)N3CCCCCC3)c2)CC1. The maximum absolute atomic E-state index is 13.1. The number of carbonyl (C=O) groups excluding carboxylic acids is 1. The van der Waals surface area contributed by atoms with Crippen LogP contribution in [-0.2, 0) is 14.8 Å². The van der Waals surface area contributed by atoms with Crippen LogP contribution in [0.15, 0.2) is 53.4 Å². The summed E-state index contributed by atoms with van der Waals surface area (Å²) in [6.45, 7) is 4.50. The van der Waals surface area contributed by atoms with Crippen LogP contribution in [-0.4, -0.2) is 76.5 Å². The van der Waals surface area contributed by atoms with Gasteiger partial charge in [-0.1, -0.05) is 31.0 Å². The van der Waals surface area contributed by atoms with Crippen molar-refractivity contribution in [3.8, 4) is 5.75 Å². The highest BCUT2D eigenvalue weighted by Crippen LogP contribution is 2.28. The number of piperazine rings is 1. The molecule has 0 unspecified atom stereocenters. The zero-order valence-corrected chi connectivity index (χ0v) is 20.6. The van der Waals surface area contributed by atoms with Gasteiger partial charge < -0.3 is 15.0 Å². The van der Waals surface area contributed by atoms with Gasteiger partial charge >= 0.3 is 0 Å². The first-order valence-corrected chi connectivity index (χ1v) is 13.4. The number of nitrogens with zero attached hydrogens (tertiary/aromatic N) is 3. The van der Waals surface area contributed by atoms with Crippen LogP contribution in [0.25, 0.3) is 0 Å². The number of anilines is 2. The number of benzene rings is 2. The average molecular weight is 487 g/mol. The summed E-state index contributed by atoms with van der Waals surface area (Å²) in [5.74, 6) is 0.707. The largest absolute Gasteiger partial charge is 0.495 e. The van der Waals surface area contributed by atoms with Crippen LogP contribution in [0, 0.1) is 0 Å². The van der Waals surface area contributed by atoms with Crippen molar-refractivity contribution in [1.29, 1.82) is 0 Å². The van der Waals surface area contributed by atoms with Crippen molar-refractivity contribution < 1.29 is 17.9 Å². The van der Waals surface area contributed by atoms with Crippen LogP contribution >= 0.6 is 0 Å².